The minimum absolute atomic E-state index is 0.0619. The third-order valence-corrected chi connectivity index (χ3v) is 4.39. The fraction of sp³-hybridized carbons (Fsp3) is 0.571. The molecule has 1 aliphatic heterocycles. The van der Waals surface area contributed by atoms with E-state index in [9.17, 15) is 15.3 Å². The summed E-state index contributed by atoms with van der Waals surface area (Å²) in [4.78, 5) is 0. The van der Waals surface area contributed by atoms with Gasteiger partial charge in [-0.2, -0.15) is 0 Å². The van der Waals surface area contributed by atoms with Gasteiger partial charge in [0.25, 0.3) is 0 Å². The quantitative estimate of drug-likeness (QED) is 0.597. The number of rotatable bonds is 1. The van der Waals surface area contributed by atoms with Gasteiger partial charge in [-0.3, -0.25) is 5.32 Å². The maximum absolute atomic E-state index is 10.3. The highest BCUT2D eigenvalue weighted by Crippen LogP contribution is 2.45. The molecule has 1 aromatic rings. The molecule has 0 radical (unpaired) electrons. The van der Waals surface area contributed by atoms with Crippen LogP contribution in [0.5, 0.6) is 5.75 Å². The lowest BCUT2D eigenvalue weighted by Crippen LogP contribution is -2.60. The van der Waals surface area contributed by atoms with Crippen molar-refractivity contribution in [1.29, 1.82) is 0 Å². The number of nitrogens with one attached hydrogen (secondary N) is 1. The molecule has 0 spiro atoms. The molecule has 3 rings (SSSR count). The van der Waals surface area contributed by atoms with Crippen molar-refractivity contribution < 1.29 is 15.3 Å². The monoisotopic (exact) mass is 249 g/mol. The number of hydrogen-bond donors (Lipinski definition) is 4. The SMILES string of the molecule is Oc1cccc(C2CCC3(O)CC2C(O)CN3)c1. The lowest BCUT2D eigenvalue weighted by atomic mass is 9.67. The van der Waals surface area contributed by atoms with Gasteiger partial charge in [0.05, 0.1) is 6.10 Å². The summed E-state index contributed by atoms with van der Waals surface area (Å²) >= 11 is 0. The first-order chi connectivity index (χ1) is 8.57. The van der Waals surface area contributed by atoms with E-state index in [1.807, 2.05) is 12.1 Å². The van der Waals surface area contributed by atoms with Gasteiger partial charge in [-0.15, -0.1) is 0 Å². The normalized spacial score (nSPS) is 39.6. The Morgan fingerprint density at radius 2 is 2.17 bits per heavy atom. The average molecular weight is 249 g/mol. The van der Waals surface area contributed by atoms with E-state index in [1.54, 1.807) is 12.1 Å². The summed E-state index contributed by atoms with van der Waals surface area (Å²) in [5, 5.41) is 32.9. The van der Waals surface area contributed by atoms with Crippen LogP contribution in [-0.4, -0.2) is 33.7 Å². The third kappa shape index (κ3) is 2.00. The number of aliphatic hydroxyl groups is 2. The summed E-state index contributed by atoms with van der Waals surface area (Å²) in [6.07, 6.45) is 1.66. The number of aromatic hydroxyl groups is 1. The molecule has 18 heavy (non-hydrogen) atoms. The van der Waals surface area contributed by atoms with Crippen molar-refractivity contribution in [1.82, 2.24) is 5.32 Å². The van der Waals surface area contributed by atoms with Gasteiger partial charge in [0.15, 0.2) is 0 Å². The molecular formula is C14H19NO3. The first-order valence-corrected chi connectivity index (χ1v) is 6.52. The van der Waals surface area contributed by atoms with Gasteiger partial charge in [0.2, 0.25) is 0 Å². The Bertz CT molecular complexity index is 450. The number of β-amino-alcohol motifs (C(OH)–C–C–N with tert-alkyl or cyclic N) is 1. The molecular weight excluding hydrogens is 230 g/mol. The van der Waals surface area contributed by atoms with Crippen LogP contribution in [-0.2, 0) is 0 Å². The molecule has 4 N–H and O–H groups in total. The van der Waals surface area contributed by atoms with Crippen molar-refractivity contribution in [3.63, 3.8) is 0 Å². The van der Waals surface area contributed by atoms with Crippen molar-refractivity contribution in [2.45, 2.75) is 37.0 Å². The van der Waals surface area contributed by atoms with Crippen LogP contribution in [0.25, 0.3) is 0 Å². The second-order valence-corrected chi connectivity index (χ2v) is 5.59. The molecule has 2 aliphatic rings. The Hall–Kier alpha value is -1.10. The molecule has 4 nitrogen and oxygen atoms in total. The van der Waals surface area contributed by atoms with E-state index in [0.717, 1.165) is 12.0 Å². The Labute approximate surface area is 106 Å². The zero-order valence-electron chi connectivity index (χ0n) is 10.2. The van der Waals surface area contributed by atoms with E-state index in [0.29, 0.717) is 19.4 Å². The van der Waals surface area contributed by atoms with Gasteiger partial charge in [-0.25, -0.2) is 0 Å². The Morgan fingerprint density at radius 1 is 1.33 bits per heavy atom. The summed E-state index contributed by atoms with van der Waals surface area (Å²) in [5.74, 6) is 0.540. The smallest absolute Gasteiger partial charge is 0.116 e. The Morgan fingerprint density at radius 3 is 2.94 bits per heavy atom. The molecule has 2 bridgehead atoms. The van der Waals surface area contributed by atoms with Crippen LogP contribution in [0, 0.1) is 5.92 Å². The number of benzene rings is 1. The van der Waals surface area contributed by atoms with Crippen molar-refractivity contribution in [2.24, 2.45) is 5.92 Å². The summed E-state index contributed by atoms with van der Waals surface area (Å²) in [6, 6.07) is 7.24. The molecule has 1 heterocycles. The molecule has 4 atom stereocenters. The number of phenols is 1. The van der Waals surface area contributed by atoms with Crippen LogP contribution in [0.4, 0.5) is 0 Å². The van der Waals surface area contributed by atoms with Gasteiger partial charge in [-0.1, -0.05) is 12.1 Å². The lowest BCUT2D eigenvalue weighted by molar-refractivity contribution is -0.113. The van der Waals surface area contributed by atoms with Gasteiger partial charge in [0.1, 0.15) is 11.5 Å². The number of piperidine rings is 1. The number of phenolic OH excluding ortho intramolecular Hbond substituents is 1. The second kappa shape index (κ2) is 4.23. The predicted molar refractivity (Wildman–Crippen MR) is 67.1 cm³/mol. The van der Waals surface area contributed by atoms with Crippen LogP contribution >= 0.6 is 0 Å². The fourth-order valence-corrected chi connectivity index (χ4v) is 3.42. The minimum Gasteiger partial charge on any atom is -0.508 e. The van der Waals surface area contributed by atoms with Crippen LogP contribution in [0.1, 0.15) is 30.7 Å². The van der Waals surface area contributed by atoms with Gasteiger partial charge >= 0.3 is 0 Å². The lowest BCUT2D eigenvalue weighted by Gasteiger charge is -2.48. The molecule has 1 aromatic carbocycles. The summed E-state index contributed by atoms with van der Waals surface area (Å²) < 4.78 is 0. The van der Waals surface area contributed by atoms with Gasteiger partial charge in [0, 0.05) is 6.54 Å². The van der Waals surface area contributed by atoms with E-state index < -0.39 is 11.8 Å². The molecule has 0 amide bonds. The zero-order valence-corrected chi connectivity index (χ0v) is 10.2. The fourth-order valence-electron chi connectivity index (χ4n) is 3.42. The van der Waals surface area contributed by atoms with Crippen molar-refractivity contribution in [2.75, 3.05) is 6.54 Å². The van der Waals surface area contributed by atoms with Crippen molar-refractivity contribution in [3.8, 4) is 5.75 Å². The van der Waals surface area contributed by atoms with Crippen LogP contribution in [0.15, 0.2) is 24.3 Å². The Kier molecular flexibility index (Phi) is 2.81. The largest absolute Gasteiger partial charge is 0.508 e. The molecule has 2 fully saturated rings. The first kappa shape index (κ1) is 12.0. The number of fused-ring (bicyclic) bond motifs is 2. The maximum atomic E-state index is 10.3. The summed E-state index contributed by atoms with van der Waals surface area (Å²) in [7, 11) is 0. The van der Waals surface area contributed by atoms with E-state index in [1.165, 1.54) is 0 Å². The number of aliphatic hydroxyl groups excluding tert-OH is 1. The van der Waals surface area contributed by atoms with Crippen LogP contribution < -0.4 is 5.32 Å². The summed E-state index contributed by atoms with van der Waals surface area (Å²) in [5.41, 5.74) is 0.250. The number of hydrogen-bond acceptors (Lipinski definition) is 4. The maximum Gasteiger partial charge on any atom is 0.116 e. The average Bonchev–Trinajstić information content (AvgIpc) is 2.35. The molecule has 98 valence electrons. The minimum atomic E-state index is -0.808. The highest BCUT2D eigenvalue weighted by Gasteiger charge is 2.46. The zero-order chi connectivity index (χ0) is 12.8. The summed E-state index contributed by atoms with van der Waals surface area (Å²) in [6.45, 7) is 0.441. The molecule has 0 aromatic heterocycles. The highest BCUT2D eigenvalue weighted by molar-refractivity contribution is 5.31. The first-order valence-electron chi connectivity index (χ1n) is 6.52. The second-order valence-electron chi connectivity index (χ2n) is 5.59. The Balaban J connectivity index is 1.89. The third-order valence-electron chi connectivity index (χ3n) is 4.39. The van der Waals surface area contributed by atoms with E-state index in [4.69, 9.17) is 0 Å². The standard InChI is InChI=1S/C14H19NO3/c16-10-3-1-2-9(6-10)11-4-5-14(18)7-12(11)13(17)8-15-14/h1-3,6,11-13,15-18H,4-5,7-8H2. The van der Waals surface area contributed by atoms with Crippen molar-refractivity contribution in [3.05, 3.63) is 29.8 Å². The van der Waals surface area contributed by atoms with E-state index >= 15 is 0 Å². The van der Waals surface area contributed by atoms with Gasteiger partial charge < -0.3 is 15.3 Å². The topological polar surface area (TPSA) is 72.7 Å². The van der Waals surface area contributed by atoms with Crippen LogP contribution in [0.2, 0.25) is 0 Å². The van der Waals surface area contributed by atoms with Crippen molar-refractivity contribution >= 4 is 0 Å². The molecule has 1 saturated heterocycles. The van der Waals surface area contributed by atoms with E-state index in [2.05, 4.69) is 5.32 Å². The predicted octanol–water partition coefficient (Wildman–Crippen LogP) is 0.929. The molecule has 1 aliphatic carbocycles. The molecule has 4 heteroatoms. The highest BCUT2D eigenvalue weighted by atomic mass is 16.3. The van der Waals surface area contributed by atoms with Crippen LogP contribution in [0.3, 0.4) is 0 Å². The van der Waals surface area contributed by atoms with Gasteiger partial charge in [-0.05, 0) is 48.8 Å². The molecule has 1 saturated carbocycles. The van der Waals surface area contributed by atoms with E-state index in [-0.39, 0.29) is 17.6 Å². The molecule has 4 unspecified atom stereocenters.